The van der Waals surface area contributed by atoms with Crippen LogP contribution in [0.3, 0.4) is 0 Å². The van der Waals surface area contributed by atoms with E-state index in [9.17, 15) is 9.18 Å². The standard InChI is InChI=1S/C19H18FN5O2/c20-14-1-5-17(6-2-14)25-13-18(22-23-25)19(26)21-15-3-7-16(8-4-15)24-9-11-27-12-10-24/h1-8,13H,9-12H2,(H,21,26). The molecule has 1 aliphatic heterocycles. The Hall–Kier alpha value is -3.26. The lowest BCUT2D eigenvalue weighted by Crippen LogP contribution is -2.36. The first-order valence-corrected chi connectivity index (χ1v) is 8.61. The largest absolute Gasteiger partial charge is 0.378 e. The number of halogens is 1. The number of hydrogen-bond acceptors (Lipinski definition) is 5. The van der Waals surface area contributed by atoms with Crippen molar-refractivity contribution in [2.45, 2.75) is 0 Å². The van der Waals surface area contributed by atoms with Crippen LogP contribution in [0.25, 0.3) is 5.69 Å². The van der Waals surface area contributed by atoms with Crippen molar-refractivity contribution in [2.75, 3.05) is 36.5 Å². The average Bonchev–Trinajstić information content (AvgIpc) is 3.20. The second-order valence-corrected chi connectivity index (χ2v) is 6.13. The van der Waals surface area contributed by atoms with Gasteiger partial charge >= 0.3 is 0 Å². The van der Waals surface area contributed by atoms with Crippen molar-refractivity contribution in [3.05, 3.63) is 66.2 Å². The minimum absolute atomic E-state index is 0.177. The number of hydrogen-bond donors (Lipinski definition) is 1. The Bertz CT molecular complexity index is 918. The average molecular weight is 367 g/mol. The fourth-order valence-corrected chi connectivity index (χ4v) is 2.86. The quantitative estimate of drug-likeness (QED) is 0.767. The third-order valence-electron chi connectivity index (χ3n) is 4.32. The second-order valence-electron chi connectivity index (χ2n) is 6.13. The van der Waals surface area contributed by atoms with Gasteiger partial charge in [-0.25, -0.2) is 9.07 Å². The molecule has 27 heavy (non-hydrogen) atoms. The van der Waals surface area contributed by atoms with Crippen molar-refractivity contribution in [3.8, 4) is 5.69 Å². The van der Waals surface area contributed by atoms with E-state index in [2.05, 4.69) is 20.5 Å². The number of anilines is 2. The highest BCUT2D eigenvalue weighted by Crippen LogP contribution is 2.19. The van der Waals surface area contributed by atoms with E-state index in [4.69, 9.17) is 4.74 Å². The minimum Gasteiger partial charge on any atom is -0.378 e. The van der Waals surface area contributed by atoms with Crippen LogP contribution in [-0.2, 0) is 4.74 Å². The molecule has 0 spiro atoms. The maximum absolute atomic E-state index is 13.0. The topological polar surface area (TPSA) is 72.3 Å². The van der Waals surface area contributed by atoms with Gasteiger partial charge in [0.1, 0.15) is 5.82 Å². The van der Waals surface area contributed by atoms with Gasteiger partial charge in [0.15, 0.2) is 5.69 Å². The minimum atomic E-state index is -0.359. The molecule has 0 aliphatic carbocycles. The van der Waals surface area contributed by atoms with Crippen molar-refractivity contribution < 1.29 is 13.9 Å². The number of aromatic nitrogens is 3. The van der Waals surface area contributed by atoms with Crippen molar-refractivity contribution >= 4 is 17.3 Å². The van der Waals surface area contributed by atoms with Crippen LogP contribution >= 0.6 is 0 Å². The Labute approximate surface area is 155 Å². The van der Waals surface area contributed by atoms with Gasteiger partial charge in [0.25, 0.3) is 5.91 Å². The Kier molecular flexibility index (Phi) is 4.80. The van der Waals surface area contributed by atoms with E-state index < -0.39 is 0 Å². The first-order chi connectivity index (χ1) is 13.2. The Morgan fingerprint density at radius 3 is 2.37 bits per heavy atom. The molecule has 3 aromatic rings. The number of carbonyl (C=O) groups excluding carboxylic acids is 1. The smallest absolute Gasteiger partial charge is 0.277 e. The fourth-order valence-electron chi connectivity index (χ4n) is 2.86. The predicted octanol–water partition coefficient (Wildman–Crippen LogP) is 2.50. The van der Waals surface area contributed by atoms with Crippen LogP contribution in [0.5, 0.6) is 0 Å². The molecule has 1 aliphatic rings. The zero-order valence-electron chi connectivity index (χ0n) is 14.5. The Morgan fingerprint density at radius 1 is 1.00 bits per heavy atom. The maximum atomic E-state index is 13.0. The monoisotopic (exact) mass is 367 g/mol. The fraction of sp³-hybridized carbons (Fsp3) is 0.211. The third kappa shape index (κ3) is 3.95. The van der Waals surface area contributed by atoms with Crippen LogP contribution in [0.1, 0.15) is 10.5 Å². The first-order valence-electron chi connectivity index (χ1n) is 8.61. The zero-order valence-corrected chi connectivity index (χ0v) is 14.5. The molecular formula is C19H18FN5O2. The summed E-state index contributed by atoms with van der Waals surface area (Å²) in [7, 11) is 0. The van der Waals surface area contributed by atoms with Crippen LogP contribution < -0.4 is 10.2 Å². The van der Waals surface area contributed by atoms with Crippen molar-refractivity contribution in [2.24, 2.45) is 0 Å². The highest BCUT2D eigenvalue weighted by molar-refractivity contribution is 6.02. The molecule has 138 valence electrons. The molecule has 4 rings (SSSR count). The summed E-state index contributed by atoms with van der Waals surface area (Å²) in [6, 6.07) is 13.4. The Balaban J connectivity index is 1.42. The number of carbonyl (C=O) groups is 1. The molecule has 0 radical (unpaired) electrons. The first kappa shape index (κ1) is 17.2. The molecule has 2 heterocycles. The summed E-state index contributed by atoms with van der Waals surface area (Å²) in [5, 5.41) is 10.6. The number of rotatable bonds is 4. The highest BCUT2D eigenvalue weighted by atomic mass is 19.1. The lowest BCUT2D eigenvalue weighted by Gasteiger charge is -2.28. The van der Waals surface area contributed by atoms with Gasteiger partial charge in [-0.1, -0.05) is 5.21 Å². The van der Waals surface area contributed by atoms with E-state index in [1.165, 1.54) is 23.0 Å². The molecule has 2 aromatic carbocycles. The molecule has 1 amide bonds. The number of amides is 1. The van der Waals surface area contributed by atoms with Gasteiger partial charge in [-0.3, -0.25) is 4.79 Å². The molecule has 1 N–H and O–H groups in total. The highest BCUT2D eigenvalue weighted by Gasteiger charge is 2.14. The molecular weight excluding hydrogens is 349 g/mol. The van der Waals surface area contributed by atoms with Crippen molar-refractivity contribution in [3.63, 3.8) is 0 Å². The lowest BCUT2D eigenvalue weighted by atomic mass is 10.2. The van der Waals surface area contributed by atoms with Gasteiger partial charge in [-0.15, -0.1) is 5.10 Å². The van der Waals surface area contributed by atoms with E-state index in [-0.39, 0.29) is 17.4 Å². The van der Waals surface area contributed by atoms with Crippen LogP contribution in [0, 0.1) is 5.82 Å². The normalized spacial score (nSPS) is 14.2. The zero-order chi connectivity index (χ0) is 18.6. The number of nitrogens with one attached hydrogen (secondary N) is 1. The van der Waals surface area contributed by atoms with Gasteiger partial charge in [0.2, 0.25) is 0 Å². The van der Waals surface area contributed by atoms with E-state index in [0.717, 1.165) is 32.0 Å². The molecule has 1 fully saturated rings. The summed E-state index contributed by atoms with van der Waals surface area (Å²) in [6.45, 7) is 3.17. The molecule has 1 aromatic heterocycles. The van der Waals surface area contributed by atoms with Crippen LogP contribution in [-0.4, -0.2) is 47.2 Å². The molecule has 1 saturated heterocycles. The lowest BCUT2D eigenvalue weighted by molar-refractivity contribution is 0.102. The van der Waals surface area contributed by atoms with Gasteiger partial charge < -0.3 is 15.0 Å². The Morgan fingerprint density at radius 2 is 1.67 bits per heavy atom. The molecule has 8 heteroatoms. The molecule has 0 unspecified atom stereocenters. The van der Waals surface area contributed by atoms with Crippen LogP contribution in [0.15, 0.2) is 54.7 Å². The van der Waals surface area contributed by atoms with Gasteiger partial charge in [-0.2, -0.15) is 0 Å². The molecule has 0 atom stereocenters. The van der Waals surface area contributed by atoms with E-state index in [0.29, 0.717) is 11.4 Å². The summed E-state index contributed by atoms with van der Waals surface area (Å²) in [5.41, 5.74) is 2.57. The summed E-state index contributed by atoms with van der Waals surface area (Å²) in [5.74, 6) is -0.695. The summed E-state index contributed by atoms with van der Waals surface area (Å²) in [4.78, 5) is 14.6. The van der Waals surface area contributed by atoms with Crippen LogP contribution in [0.4, 0.5) is 15.8 Å². The predicted molar refractivity (Wildman–Crippen MR) is 98.7 cm³/mol. The summed E-state index contributed by atoms with van der Waals surface area (Å²) >= 11 is 0. The molecule has 0 bridgehead atoms. The number of benzene rings is 2. The van der Waals surface area contributed by atoms with E-state index in [1.807, 2.05) is 24.3 Å². The number of morpholine rings is 1. The SMILES string of the molecule is O=C(Nc1ccc(N2CCOCC2)cc1)c1cn(-c2ccc(F)cc2)nn1. The molecule has 0 saturated carbocycles. The van der Waals surface area contributed by atoms with Gasteiger partial charge in [0, 0.05) is 24.5 Å². The van der Waals surface area contributed by atoms with Crippen molar-refractivity contribution in [1.29, 1.82) is 0 Å². The number of nitrogens with zero attached hydrogens (tertiary/aromatic N) is 4. The second kappa shape index (κ2) is 7.55. The van der Waals surface area contributed by atoms with Crippen molar-refractivity contribution in [1.82, 2.24) is 15.0 Å². The summed E-state index contributed by atoms with van der Waals surface area (Å²) in [6.07, 6.45) is 1.50. The van der Waals surface area contributed by atoms with E-state index in [1.54, 1.807) is 12.1 Å². The number of ether oxygens (including phenoxy) is 1. The van der Waals surface area contributed by atoms with Crippen LogP contribution in [0.2, 0.25) is 0 Å². The maximum Gasteiger partial charge on any atom is 0.277 e. The molecule has 7 nitrogen and oxygen atoms in total. The third-order valence-corrected chi connectivity index (χ3v) is 4.32. The van der Waals surface area contributed by atoms with E-state index >= 15 is 0 Å². The summed E-state index contributed by atoms with van der Waals surface area (Å²) < 4.78 is 19.8. The van der Waals surface area contributed by atoms with Gasteiger partial charge in [-0.05, 0) is 48.5 Å². The van der Waals surface area contributed by atoms with Gasteiger partial charge in [0.05, 0.1) is 25.1 Å².